The molecule has 146 valence electrons. The maximum absolute atomic E-state index is 14.1. The Balaban J connectivity index is 1.59. The molecule has 5 nitrogen and oxygen atoms in total. The van der Waals surface area contributed by atoms with Gasteiger partial charge in [0.1, 0.15) is 17.1 Å². The number of anilines is 1. The predicted octanol–water partition coefficient (Wildman–Crippen LogP) is 4.17. The Morgan fingerprint density at radius 2 is 2.11 bits per heavy atom. The van der Waals surface area contributed by atoms with Crippen LogP contribution in [0.2, 0.25) is 0 Å². The van der Waals surface area contributed by atoms with E-state index in [4.69, 9.17) is 9.47 Å². The van der Waals surface area contributed by atoms with E-state index in [0.717, 1.165) is 30.2 Å². The molecule has 1 aliphatic rings. The number of rotatable bonds is 6. The first-order valence-electron chi connectivity index (χ1n) is 8.95. The van der Waals surface area contributed by atoms with Gasteiger partial charge in [-0.2, -0.15) is 0 Å². The molecule has 1 fully saturated rings. The van der Waals surface area contributed by atoms with Crippen molar-refractivity contribution < 1.29 is 23.0 Å². The molecule has 3 aromatic rings. The first kappa shape index (κ1) is 18.8. The molecule has 0 N–H and O–H groups in total. The number of fused-ring (bicyclic) bond motifs is 1. The number of halogens is 2. The first-order valence-corrected chi connectivity index (χ1v) is 9.77. The van der Waals surface area contributed by atoms with Crippen molar-refractivity contribution in [3.63, 3.8) is 0 Å². The molecule has 0 spiro atoms. The molecule has 28 heavy (non-hydrogen) atoms. The molecule has 2 aromatic carbocycles. The van der Waals surface area contributed by atoms with Gasteiger partial charge in [0.2, 0.25) is 0 Å². The van der Waals surface area contributed by atoms with Crippen molar-refractivity contribution in [1.29, 1.82) is 0 Å². The van der Waals surface area contributed by atoms with Crippen molar-refractivity contribution in [2.75, 3.05) is 24.7 Å². The lowest BCUT2D eigenvalue weighted by Gasteiger charge is -2.23. The summed E-state index contributed by atoms with van der Waals surface area (Å²) in [5, 5.41) is 0.302. The van der Waals surface area contributed by atoms with Gasteiger partial charge in [-0.25, -0.2) is 13.8 Å². The van der Waals surface area contributed by atoms with Crippen molar-refractivity contribution in [2.45, 2.75) is 18.9 Å². The fourth-order valence-corrected chi connectivity index (χ4v) is 4.11. The topological polar surface area (TPSA) is 51.7 Å². The quantitative estimate of drug-likeness (QED) is 0.619. The Labute approximate surface area is 164 Å². The molecule has 8 heteroatoms. The number of hydrogen-bond donors (Lipinski definition) is 0. The van der Waals surface area contributed by atoms with Crippen LogP contribution in [0, 0.1) is 11.6 Å². The third kappa shape index (κ3) is 4.13. The number of thiazole rings is 1. The van der Waals surface area contributed by atoms with Crippen LogP contribution in [0.5, 0.6) is 5.75 Å². The highest BCUT2D eigenvalue weighted by atomic mass is 32.1. The van der Waals surface area contributed by atoms with Crippen molar-refractivity contribution >= 4 is 32.6 Å². The third-order valence-electron chi connectivity index (χ3n) is 4.45. The minimum absolute atomic E-state index is 0.0514. The van der Waals surface area contributed by atoms with Crippen LogP contribution in [0.1, 0.15) is 12.8 Å². The van der Waals surface area contributed by atoms with Crippen LogP contribution < -0.4 is 9.64 Å². The standard InChI is InChI=1S/C20H18F2N2O3S/c21-13-9-16(22)19-17(10-13)28-20(23-19)24(11-15-7-4-8-26-15)18(25)12-27-14-5-2-1-3-6-14/h1-3,5-6,9-10,15H,4,7-8,11-12H2. The molecule has 1 atom stereocenters. The molecule has 1 unspecified atom stereocenters. The van der Waals surface area contributed by atoms with Gasteiger partial charge in [0.15, 0.2) is 17.6 Å². The highest BCUT2D eigenvalue weighted by molar-refractivity contribution is 7.22. The normalized spacial score (nSPS) is 16.4. The molecule has 1 saturated heterocycles. The predicted molar refractivity (Wildman–Crippen MR) is 103 cm³/mol. The number of hydrogen-bond acceptors (Lipinski definition) is 5. The summed E-state index contributed by atoms with van der Waals surface area (Å²) in [7, 11) is 0. The number of benzene rings is 2. The number of ether oxygens (including phenoxy) is 2. The van der Waals surface area contributed by atoms with E-state index < -0.39 is 11.6 Å². The van der Waals surface area contributed by atoms with E-state index >= 15 is 0 Å². The lowest BCUT2D eigenvalue weighted by Crippen LogP contribution is -2.40. The number of nitrogens with zero attached hydrogens (tertiary/aromatic N) is 2. The summed E-state index contributed by atoms with van der Waals surface area (Å²) in [5.74, 6) is -1.17. The van der Waals surface area contributed by atoms with Gasteiger partial charge in [-0.05, 0) is 31.0 Å². The maximum atomic E-state index is 14.1. The van der Waals surface area contributed by atoms with Gasteiger partial charge in [-0.1, -0.05) is 29.5 Å². The Hall–Kier alpha value is -2.58. The average molecular weight is 404 g/mol. The second-order valence-corrected chi connectivity index (χ2v) is 7.48. The van der Waals surface area contributed by atoms with E-state index in [1.54, 1.807) is 12.1 Å². The highest BCUT2D eigenvalue weighted by Crippen LogP contribution is 2.32. The number of para-hydroxylation sites is 1. The third-order valence-corrected chi connectivity index (χ3v) is 5.47. The van der Waals surface area contributed by atoms with Crippen LogP contribution in [0.15, 0.2) is 42.5 Å². The van der Waals surface area contributed by atoms with Gasteiger partial charge in [0.25, 0.3) is 5.91 Å². The van der Waals surface area contributed by atoms with Crippen LogP contribution >= 0.6 is 11.3 Å². The molecule has 1 aliphatic heterocycles. The van der Waals surface area contributed by atoms with E-state index in [-0.39, 0.29) is 24.1 Å². The molecule has 0 aliphatic carbocycles. The molecule has 2 heterocycles. The average Bonchev–Trinajstić information content (AvgIpc) is 3.34. The number of carbonyl (C=O) groups excluding carboxylic acids is 1. The van der Waals surface area contributed by atoms with Crippen LogP contribution in [0.4, 0.5) is 13.9 Å². The molecular weight excluding hydrogens is 386 g/mol. The van der Waals surface area contributed by atoms with Crippen molar-refractivity contribution in [3.8, 4) is 5.75 Å². The summed E-state index contributed by atoms with van der Waals surface area (Å²) in [6, 6.07) is 11.0. The number of aromatic nitrogens is 1. The van der Waals surface area contributed by atoms with Gasteiger partial charge in [0.05, 0.1) is 17.3 Å². The van der Waals surface area contributed by atoms with E-state index in [1.165, 1.54) is 11.0 Å². The summed E-state index contributed by atoms with van der Waals surface area (Å²) in [5.41, 5.74) is 0.0514. The molecule has 1 aromatic heterocycles. The van der Waals surface area contributed by atoms with Crippen molar-refractivity contribution in [2.24, 2.45) is 0 Å². The van der Waals surface area contributed by atoms with Gasteiger partial charge >= 0.3 is 0 Å². The Morgan fingerprint density at radius 3 is 2.86 bits per heavy atom. The van der Waals surface area contributed by atoms with Gasteiger partial charge in [-0.15, -0.1) is 0 Å². The SMILES string of the molecule is O=C(COc1ccccc1)N(CC1CCCO1)c1nc2c(F)cc(F)cc2s1. The van der Waals surface area contributed by atoms with Crippen molar-refractivity contribution in [3.05, 3.63) is 54.1 Å². The Bertz CT molecular complexity index is 974. The zero-order valence-corrected chi connectivity index (χ0v) is 15.8. The lowest BCUT2D eigenvalue weighted by atomic mass is 10.2. The summed E-state index contributed by atoms with van der Waals surface area (Å²) in [4.78, 5) is 18.6. The minimum Gasteiger partial charge on any atom is -0.484 e. The maximum Gasteiger partial charge on any atom is 0.266 e. The molecule has 0 saturated carbocycles. The van der Waals surface area contributed by atoms with E-state index in [9.17, 15) is 13.6 Å². The van der Waals surface area contributed by atoms with Crippen LogP contribution in [0.25, 0.3) is 10.2 Å². The zero-order chi connectivity index (χ0) is 19.5. The molecule has 1 amide bonds. The summed E-state index contributed by atoms with van der Waals surface area (Å²) < 4.78 is 39.1. The molecule has 0 radical (unpaired) electrons. The zero-order valence-electron chi connectivity index (χ0n) is 14.9. The fourth-order valence-electron chi connectivity index (χ4n) is 3.08. The largest absolute Gasteiger partial charge is 0.484 e. The Kier molecular flexibility index (Phi) is 5.50. The van der Waals surface area contributed by atoms with Gasteiger partial charge in [-0.3, -0.25) is 9.69 Å². The molecular formula is C20H18F2N2O3S. The Morgan fingerprint density at radius 1 is 1.29 bits per heavy atom. The summed E-state index contributed by atoms with van der Waals surface area (Å²) in [6.07, 6.45) is 1.64. The fraction of sp³-hybridized carbons (Fsp3) is 0.300. The summed E-state index contributed by atoms with van der Waals surface area (Å²) >= 11 is 1.07. The second-order valence-electron chi connectivity index (χ2n) is 6.47. The number of carbonyl (C=O) groups is 1. The lowest BCUT2D eigenvalue weighted by molar-refractivity contribution is -0.120. The van der Waals surface area contributed by atoms with Gasteiger partial charge < -0.3 is 9.47 Å². The monoisotopic (exact) mass is 404 g/mol. The first-order chi connectivity index (χ1) is 13.6. The highest BCUT2D eigenvalue weighted by Gasteiger charge is 2.27. The minimum atomic E-state index is -0.748. The van der Waals surface area contributed by atoms with Crippen LogP contribution in [-0.2, 0) is 9.53 Å². The van der Waals surface area contributed by atoms with Gasteiger partial charge in [0, 0.05) is 12.7 Å². The van der Waals surface area contributed by atoms with Crippen LogP contribution in [-0.4, -0.2) is 36.8 Å². The smallest absolute Gasteiger partial charge is 0.266 e. The van der Waals surface area contributed by atoms with E-state index in [1.807, 2.05) is 18.2 Å². The van der Waals surface area contributed by atoms with Crippen LogP contribution in [0.3, 0.4) is 0 Å². The molecule has 4 rings (SSSR count). The van der Waals surface area contributed by atoms with Crippen molar-refractivity contribution in [1.82, 2.24) is 4.98 Å². The summed E-state index contributed by atoms with van der Waals surface area (Å²) in [6.45, 7) is 0.747. The second kappa shape index (κ2) is 8.20. The molecule has 0 bridgehead atoms. The van der Waals surface area contributed by atoms with E-state index in [2.05, 4.69) is 4.98 Å². The number of amides is 1. The van der Waals surface area contributed by atoms with E-state index in [0.29, 0.717) is 28.7 Å².